The zero-order valence-corrected chi connectivity index (χ0v) is 21.3. The summed E-state index contributed by atoms with van der Waals surface area (Å²) < 4.78 is 37.5. The first kappa shape index (κ1) is 27.4. The number of aliphatic hydroxyl groups is 1. The van der Waals surface area contributed by atoms with Gasteiger partial charge < -0.3 is 28.7 Å². The largest absolute Gasteiger partial charge is 0.394 e. The SMILES string of the molecule is Cc1cn([C@H]2C[C@H](OCP(=O)(O)O[C@H]3C[C@H](n4cc(C)c(=O)[nH]c4=O)O[C@@H]3CO)[C@@H](C)O2)c(=O)[nH]c1=O. The highest BCUT2D eigenvalue weighted by Crippen LogP contribution is 2.48. The van der Waals surface area contributed by atoms with Gasteiger partial charge in [0.2, 0.25) is 0 Å². The Bertz CT molecular complexity index is 1430. The minimum atomic E-state index is -4.36. The fourth-order valence-corrected chi connectivity index (χ4v) is 5.43. The Morgan fingerprint density at radius 1 is 0.973 bits per heavy atom. The maximum atomic E-state index is 12.8. The van der Waals surface area contributed by atoms with E-state index in [1.54, 1.807) is 13.8 Å². The van der Waals surface area contributed by atoms with Crippen LogP contribution in [0.25, 0.3) is 0 Å². The molecule has 0 bridgehead atoms. The topological polar surface area (TPSA) is 204 Å². The number of aryl methyl sites for hydroxylation is 2. The van der Waals surface area contributed by atoms with Crippen LogP contribution in [0, 0.1) is 13.8 Å². The predicted molar refractivity (Wildman–Crippen MR) is 126 cm³/mol. The second-order valence-electron chi connectivity index (χ2n) is 9.15. The molecule has 0 saturated carbocycles. The summed E-state index contributed by atoms with van der Waals surface area (Å²) in [6.45, 7) is 4.19. The van der Waals surface area contributed by atoms with E-state index in [1.165, 1.54) is 23.9 Å². The number of ether oxygens (including phenoxy) is 3. The van der Waals surface area contributed by atoms with Crippen molar-refractivity contribution in [2.45, 2.75) is 70.5 Å². The van der Waals surface area contributed by atoms with Crippen molar-refractivity contribution in [3.05, 3.63) is 65.2 Å². The minimum Gasteiger partial charge on any atom is -0.394 e. The molecule has 4 N–H and O–H groups in total. The number of aromatic nitrogens is 4. The number of aromatic amines is 2. The molecule has 16 heteroatoms. The smallest absolute Gasteiger partial charge is 0.353 e. The molecule has 2 aliphatic rings. The summed E-state index contributed by atoms with van der Waals surface area (Å²) in [7, 11) is -4.36. The van der Waals surface area contributed by atoms with Crippen LogP contribution in [-0.4, -0.2) is 66.5 Å². The van der Waals surface area contributed by atoms with Crippen molar-refractivity contribution in [1.29, 1.82) is 0 Å². The molecule has 4 heterocycles. The number of nitrogens with one attached hydrogen (secondary N) is 2. The number of nitrogens with zero attached hydrogens (tertiary/aromatic N) is 2. The number of rotatable bonds is 8. The second-order valence-corrected chi connectivity index (χ2v) is 10.9. The average molecular weight is 544 g/mol. The van der Waals surface area contributed by atoms with Gasteiger partial charge in [0.05, 0.1) is 18.8 Å². The third-order valence-corrected chi connectivity index (χ3v) is 7.43. The van der Waals surface area contributed by atoms with E-state index in [4.69, 9.17) is 18.7 Å². The molecule has 2 aliphatic heterocycles. The molecule has 204 valence electrons. The van der Waals surface area contributed by atoms with Crippen LogP contribution in [0.15, 0.2) is 31.6 Å². The molecule has 2 aromatic heterocycles. The molecule has 7 atom stereocenters. The summed E-state index contributed by atoms with van der Waals surface area (Å²) in [6.07, 6.45) is -2.80. The Balaban J connectivity index is 1.39. The van der Waals surface area contributed by atoms with E-state index < -0.39 is 79.9 Å². The lowest BCUT2D eigenvalue weighted by atomic mass is 10.2. The van der Waals surface area contributed by atoms with E-state index >= 15 is 0 Å². The van der Waals surface area contributed by atoms with Crippen LogP contribution in [0.2, 0.25) is 0 Å². The zero-order valence-electron chi connectivity index (χ0n) is 20.4. The lowest BCUT2D eigenvalue weighted by Gasteiger charge is -2.22. The van der Waals surface area contributed by atoms with E-state index in [-0.39, 0.29) is 18.4 Å². The summed E-state index contributed by atoms with van der Waals surface area (Å²) in [5.41, 5.74) is -1.83. The van der Waals surface area contributed by atoms with Crippen LogP contribution in [0.5, 0.6) is 0 Å². The fourth-order valence-electron chi connectivity index (χ4n) is 4.34. The molecule has 0 spiro atoms. The molecule has 0 amide bonds. The lowest BCUT2D eigenvalue weighted by Crippen LogP contribution is -2.33. The van der Waals surface area contributed by atoms with Crippen LogP contribution in [-0.2, 0) is 23.3 Å². The second kappa shape index (κ2) is 10.6. The van der Waals surface area contributed by atoms with Crippen LogP contribution in [0.1, 0.15) is 43.3 Å². The molecule has 2 fully saturated rings. The molecule has 0 aromatic carbocycles. The predicted octanol–water partition coefficient (Wildman–Crippen LogP) is -0.796. The van der Waals surface area contributed by atoms with Crippen LogP contribution in [0.4, 0.5) is 0 Å². The van der Waals surface area contributed by atoms with Gasteiger partial charge in [-0.2, -0.15) is 0 Å². The van der Waals surface area contributed by atoms with Gasteiger partial charge in [-0.25, -0.2) is 9.59 Å². The summed E-state index contributed by atoms with van der Waals surface area (Å²) in [5, 5.41) is 9.68. The van der Waals surface area contributed by atoms with Gasteiger partial charge >= 0.3 is 19.0 Å². The highest BCUT2D eigenvalue weighted by Gasteiger charge is 2.42. The van der Waals surface area contributed by atoms with Gasteiger partial charge in [0.15, 0.2) is 0 Å². The van der Waals surface area contributed by atoms with Gasteiger partial charge in [-0.1, -0.05) is 0 Å². The van der Waals surface area contributed by atoms with Gasteiger partial charge in [0, 0.05) is 36.4 Å². The minimum absolute atomic E-state index is 0.0410. The van der Waals surface area contributed by atoms with Crippen molar-refractivity contribution in [3.8, 4) is 0 Å². The standard InChI is InChI=1S/C21H29N4O11P/c1-10-6-24(20(29)22-18(10)27)16-4-13(12(3)34-16)33-9-37(31,32)36-14-5-17(35-15(14)8-26)25-7-11(2)19(28)23-21(25)30/h6-7,12-17,26H,4-5,8-9H2,1-3H3,(H,31,32)(H,22,27,29)(H,23,28,30)/t12-,13+,14+,15-,16-,17-/m1/s1. The van der Waals surface area contributed by atoms with Crippen molar-refractivity contribution in [2.24, 2.45) is 0 Å². The molecule has 37 heavy (non-hydrogen) atoms. The van der Waals surface area contributed by atoms with Gasteiger partial charge in [-0.15, -0.1) is 0 Å². The Kier molecular flexibility index (Phi) is 7.85. The molecule has 2 aromatic rings. The van der Waals surface area contributed by atoms with Gasteiger partial charge in [-0.3, -0.25) is 33.3 Å². The van der Waals surface area contributed by atoms with Crippen molar-refractivity contribution < 1.29 is 33.3 Å². The Morgan fingerprint density at radius 3 is 2.03 bits per heavy atom. The van der Waals surface area contributed by atoms with E-state index in [0.717, 1.165) is 4.57 Å². The Labute approximate surface area is 209 Å². The highest BCUT2D eigenvalue weighted by molar-refractivity contribution is 7.52. The molecule has 1 unspecified atom stereocenters. The van der Waals surface area contributed by atoms with Crippen LogP contribution in [0.3, 0.4) is 0 Å². The lowest BCUT2D eigenvalue weighted by molar-refractivity contribution is -0.0457. The quantitative estimate of drug-likeness (QED) is 0.303. The molecular formula is C21H29N4O11P. The normalized spacial score (nSPS) is 29.4. The maximum absolute atomic E-state index is 12.8. The van der Waals surface area contributed by atoms with Crippen molar-refractivity contribution in [3.63, 3.8) is 0 Å². The van der Waals surface area contributed by atoms with Gasteiger partial charge in [0.1, 0.15) is 31.0 Å². The summed E-state index contributed by atoms with van der Waals surface area (Å²) in [5.74, 6) is 0. The Hall–Kier alpha value is -2.65. The summed E-state index contributed by atoms with van der Waals surface area (Å²) >= 11 is 0. The first-order valence-corrected chi connectivity index (χ1v) is 13.3. The molecule has 0 radical (unpaired) electrons. The maximum Gasteiger partial charge on any atom is 0.353 e. The molecule has 15 nitrogen and oxygen atoms in total. The average Bonchev–Trinajstić information content (AvgIpc) is 3.39. The zero-order chi connectivity index (χ0) is 27.1. The van der Waals surface area contributed by atoms with Crippen LogP contribution < -0.4 is 22.5 Å². The van der Waals surface area contributed by atoms with Gasteiger partial charge in [-0.05, 0) is 20.8 Å². The number of hydrogen-bond donors (Lipinski definition) is 4. The summed E-state index contributed by atoms with van der Waals surface area (Å²) in [4.78, 5) is 62.4. The summed E-state index contributed by atoms with van der Waals surface area (Å²) in [6, 6.07) is 0. The van der Waals surface area contributed by atoms with E-state index in [1.807, 2.05) is 0 Å². The molecule has 2 saturated heterocycles. The van der Waals surface area contributed by atoms with Crippen LogP contribution >= 0.6 is 7.60 Å². The molecule has 0 aliphatic carbocycles. The van der Waals surface area contributed by atoms with Gasteiger partial charge in [0.25, 0.3) is 11.1 Å². The number of H-pyrrole nitrogens is 2. The van der Waals surface area contributed by atoms with E-state index in [9.17, 15) is 33.7 Å². The Morgan fingerprint density at radius 2 is 1.49 bits per heavy atom. The number of aliphatic hydroxyl groups excluding tert-OH is 1. The molecular weight excluding hydrogens is 515 g/mol. The van der Waals surface area contributed by atoms with Crippen molar-refractivity contribution in [2.75, 3.05) is 13.0 Å². The molecule has 4 rings (SSSR count). The highest BCUT2D eigenvalue weighted by atomic mass is 31.2. The first-order chi connectivity index (χ1) is 17.4. The van der Waals surface area contributed by atoms with E-state index in [2.05, 4.69) is 9.97 Å². The number of hydrogen-bond acceptors (Lipinski definition) is 10. The van der Waals surface area contributed by atoms with Crippen molar-refractivity contribution in [1.82, 2.24) is 19.1 Å². The fraction of sp³-hybridized carbons (Fsp3) is 0.619. The third-order valence-electron chi connectivity index (χ3n) is 6.35. The first-order valence-electron chi connectivity index (χ1n) is 11.6. The third kappa shape index (κ3) is 5.93. The van der Waals surface area contributed by atoms with E-state index in [0.29, 0.717) is 5.56 Å². The monoisotopic (exact) mass is 544 g/mol. The van der Waals surface area contributed by atoms with Crippen molar-refractivity contribution >= 4 is 7.60 Å².